The van der Waals surface area contributed by atoms with E-state index < -0.39 is 11.5 Å². The maximum absolute atomic E-state index is 13.5. The van der Waals surface area contributed by atoms with Gasteiger partial charge in [-0.15, -0.1) is 0 Å². The predicted molar refractivity (Wildman–Crippen MR) is 132 cm³/mol. The lowest BCUT2D eigenvalue weighted by Crippen LogP contribution is -2.41. The number of rotatable bonds is 5. The molecule has 0 saturated heterocycles. The van der Waals surface area contributed by atoms with Crippen molar-refractivity contribution in [2.24, 2.45) is 0 Å². The Morgan fingerprint density at radius 2 is 1.64 bits per heavy atom. The normalized spacial score (nSPS) is 17.9. The van der Waals surface area contributed by atoms with Crippen LogP contribution in [0, 0.1) is 0 Å². The Morgan fingerprint density at radius 1 is 0.970 bits per heavy atom. The minimum atomic E-state index is -1.94. The van der Waals surface area contributed by atoms with E-state index in [0.717, 1.165) is 11.1 Å². The Bertz CT molecular complexity index is 1230. The first-order valence-electron chi connectivity index (χ1n) is 10.7. The molecule has 1 aliphatic heterocycles. The van der Waals surface area contributed by atoms with E-state index in [4.69, 9.17) is 23.2 Å². The van der Waals surface area contributed by atoms with Crippen molar-refractivity contribution >= 4 is 40.6 Å². The van der Waals surface area contributed by atoms with Crippen LogP contribution in [0.1, 0.15) is 54.2 Å². The molecule has 4 nitrogen and oxygen atoms in total. The molecular weight excluding hydrogens is 457 g/mol. The molecule has 0 bridgehead atoms. The minimum Gasteiger partial charge on any atom is -0.375 e. The van der Waals surface area contributed by atoms with Crippen LogP contribution in [-0.4, -0.2) is 16.8 Å². The summed E-state index contributed by atoms with van der Waals surface area (Å²) in [5, 5.41) is 12.3. The largest absolute Gasteiger partial charge is 0.375 e. The van der Waals surface area contributed by atoms with E-state index in [1.54, 1.807) is 54.6 Å². The summed E-state index contributed by atoms with van der Waals surface area (Å²) in [6.45, 7) is 6.50. The Kier molecular flexibility index (Phi) is 6.12. The van der Waals surface area contributed by atoms with Gasteiger partial charge in [0.05, 0.1) is 28.7 Å². The van der Waals surface area contributed by atoms with Crippen LogP contribution in [-0.2, 0) is 22.4 Å². The number of hydrogen-bond donors (Lipinski definition) is 1. The molecule has 1 aliphatic rings. The fourth-order valence-electron chi connectivity index (χ4n) is 4.15. The van der Waals surface area contributed by atoms with Crippen molar-refractivity contribution in [3.63, 3.8) is 0 Å². The van der Waals surface area contributed by atoms with E-state index in [9.17, 15) is 14.7 Å². The van der Waals surface area contributed by atoms with E-state index in [1.807, 2.05) is 12.1 Å². The van der Waals surface area contributed by atoms with E-state index in [2.05, 4.69) is 20.8 Å². The van der Waals surface area contributed by atoms with Crippen molar-refractivity contribution in [2.45, 2.75) is 44.8 Å². The van der Waals surface area contributed by atoms with Crippen LogP contribution in [0.2, 0.25) is 10.0 Å². The summed E-state index contributed by atoms with van der Waals surface area (Å²) in [6, 6.07) is 19.5. The average Bonchev–Trinajstić information content (AvgIpc) is 2.98. The molecule has 1 unspecified atom stereocenters. The summed E-state index contributed by atoms with van der Waals surface area (Å²) < 4.78 is 0. The number of amides is 1. The first kappa shape index (κ1) is 23.5. The predicted octanol–water partition coefficient (Wildman–Crippen LogP) is 6.30. The van der Waals surface area contributed by atoms with Gasteiger partial charge in [0, 0.05) is 11.1 Å². The summed E-state index contributed by atoms with van der Waals surface area (Å²) in [6.07, 6.45) is -0.338. The number of hydrogen-bond acceptors (Lipinski definition) is 3. The van der Waals surface area contributed by atoms with Crippen molar-refractivity contribution < 1.29 is 14.7 Å². The number of aliphatic hydroxyl groups is 1. The standard InChI is InChI=1S/C27H25Cl2NO3/c1-26(2,3)19-11-9-18(10-12-19)24(31)15-27(33)20-6-4-5-7-23(20)30(25(27)32)16-17-8-13-21(28)22(29)14-17/h4-14,33H,15-16H2,1-3H3. The number of benzene rings is 3. The zero-order chi connectivity index (χ0) is 24.0. The molecule has 3 aromatic carbocycles. The lowest BCUT2D eigenvalue weighted by molar-refractivity contribution is -0.136. The molecule has 0 aromatic heterocycles. The number of fused-ring (bicyclic) bond motifs is 1. The quantitative estimate of drug-likeness (QED) is 0.435. The minimum absolute atomic E-state index is 0.0365. The lowest BCUT2D eigenvalue weighted by atomic mass is 9.85. The van der Waals surface area contributed by atoms with Crippen LogP contribution in [0.5, 0.6) is 0 Å². The molecular formula is C27H25Cl2NO3. The molecule has 0 aliphatic carbocycles. The Balaban J connectivity index is 1.63. The van der Waals surface area contributed by atoms with Gasteiger partial charge < -0.3 is 10.0 Å². The summed E-state index contributed by atoms with van der Waals surface area (Å²) >= 11 is 12.2. The average molecular weight is 482 g/mol. The van der Waals surface area contributed by atoms with Crippen molar-refractivity contribution in [1.82, 2.24) is 0 Å². The molecule has 1 amide bonds. The van der Waals surface area contributed by atoms with Gasteiger partial charge in [-0.3, -0.25) is 9.59 Å². The molecule has 1 atom stereocenters. The molecule has 6 heteroatoms. The lowest BCUT2D eigenvalue weighted by Gasteiger charge is -2.23. The van der Waals surface area contributed by atoms with Gasteiger partial charge in [-0.25, -0.2) is 0 Å². The van der Waals surface area contributed by atoms with Gasteiger partial charge in [-0.1, -0.05) is 92.5 Å². The highest BCUT2D eigenvalue weighted by atomic mass is 35.5. The summed E-state index contributed by atoms with van der Waals surface area (Å²) in [4.78, 5) is 28.1. The summed E-state index contributed by atoms with van der Waals surface area (Å²) in [5.74, 6) is -0.827. The first-order chi connectivity index (χ1) is 15.5. The fraction of sp³-hybridized carbons (Fsp3) is 0.259. The van der Waals surface area contributed by atoms with Gasteiger partial charge in [0.2, 0.25) is 0 Å². The van der Waals surface area contributed by atoms with Crippen molar-refractivity contribution in [3.05, 3.63) is 99.0 Å². The third-order valence-corrected chi connectivity index (χ3v) is 6.79. The van der Waals surface area contributed by atoms with Crippen LogP contribution in [0.25, 0.3) is 0 Å². The van der Waals surface area contributed by atoms with E-state index >= 15 is 0 Å². The second kappa shape index (κ2) is 8.60. The smallest absolute Gasteiger partial charge is 0.264 e. The zero-order valence-corrected chi connectivity index (χ0v) is 20.2. The van der Waals surface area contributed by atoms with E-state index in [0.29, 0.717) is 26.9 Å². The third kappa shape index (κ3) is 4.43. The number of nitrogens with zero attached hydrogens (tertiary/aromatic N) is 1. The van der Waals surface area contributed by atoms with Gasteiger partial charge in [0.1, 0.15) is 0 Å². The topological polar surface area (TPSA) is 57.6 Å². The molecule has 0 spiro atoms. The number of anilines is 1. The number of ketones is 1. The summed E-state index contributed by atoms with van der Waals surface area (Å²) in [5.41, 5.74) is 1.36. The monoisotopic (exact) mass is 481 g/mol. The second-order valence-corrected chi connectivity index (χ2v) is 10.3. The highest BCUT2D eigenvalue weighted by Crippen LogP contribution is 2.43. The number of Topliss-reactive ketones (excluding diaryl/α,β-unsaturated/α-hetero) is 1. The van der Waals surface area contributed by atoms with E-state index in [-0.39, 0.29) is 24.2 Å². The molecule has 4 rings (SSSR count). The Morgan fingerprint density at radius 3 is 2.27 bits per heavy atom. The van der Waals surface area contributed by atoms with Gasteiger partial charge in [0.25, 0.3) is 5.91 Å². The van der Waals surface area contributed by atoms with Crippen molar-refractivity contribution in [1.29, 1.82) is 0 Å². The Hall–Kier alpha value is -2.66. The molecule has 3 aromatic rings. The van der Waals surface area contributed by atoms with Crippen molar-refractivity contribution in [3.8, 4) is 0 Å². The molecule has 1 N–H and O–H groups in total. The van der Waals surface area contributed by atoms with E-state index in [1.165, 1.54) is 4.90 Å². The van der Waals surface area contributed by atoms with Crippen LogP contribution in [0.3, 0.4) is 0 Å². The SMILES string of the molecule is CC(C)(C)c1ccc(C(=O)CC2(O)C(=O)N(Cc3ccc(Cl)c(Cl)c3)c3ccccc32)cc1. The maximum atomic E-state index is 13.5. The highest BCUT2D eigenvalue weighted by Gasteiger charge is 2.50. The number of carbonyl (C=O) groups is 2. The zero-order valence-electron chi connectivity index (χ0n) is 18.7. The molecule has 0 saturated carbocycles. The van der Waals surface area contributed by atoms with Gasteiger partial charge in [-0.2, -0.15) is 0 Å². The van der Waals surface area contributed by atoms with Crippen LogP contribution >= 0.6 is 23.2 Å². The van der Waals surface area contributed by atoms with Gasteiger partial charge in [-0.05, 0) is 34.7 Å². The molecule has 0 radical (unpaired) electrons. The highest BCUT2D eigenvalue weighted by molar-refractivity contribution is 6.42. The molecule has 170 valence electrons. The maximum Gasteiger partial charge on any atom is 0.264 e. The number of para-hydroxylation sites is 1. The van der Waals surface area contributed by atoms with Gasteiger partial charge in [0.15, 0.2) is 11.4 Å². The first-order valence-corrected chi connectivity index (χ1v) is 11.5. The number of carbonyl (C=O) groups excluding carboxylic acids is 2. The fourth-order valence-corrected chi connectivity index (χ4v) is 4.47. The molecule has 1 heterocycles. The van der Waals surface area contributed by atoms with Crippen LogP contribution in [0.15, 0.2) is 66.7 Å². The third-order valence-electron chi connectivity index (χ3n) is 6.05. The number of halogens is 2. The summed E-state index contributed by atoms with van der Waals surface area (Å²) in [7, 11) is 0. The van der Waals surface area contributed by atoms with Crippen molar-refractivity contribution in [2.75, 3.05) is 4.90 Å². The van der Waals surface area contributed by atoms with Gasteiger partial charge >= 0.3 is 0 Å². The van der Waals surface area contributed by atoms with Crippen LogP contribution < -0.4 is 4.90 Å². The Labute approximate surface area is 203 Å². The molecule has 33 heavy (non-hydrogen) atoms. The van der Waals surface area contributed by atoms with Crippen LogP contribution in [0.4, 0.5) is 5.69 Å². The second-order valence-electron chi connectivity index (χ2n) is 9.44. The molecule has 0 fully saturated rings.